The minimum absolute atomic E-state index is 0.0285. The first-order chi connectivity index (χ1) is 8.22. The van der Waals surface area contributed by atoms with Gasteiger partial charge in [-0.3, -0.25) is 14.8 Å². The molecule has 94 valence electrons. The Bertz CT molecular complexity index is 388. The summed E-state index contributed by atoms with van der Waals surface area (Å²) in [5, 5.41) is 9.63. The molecule has 0 spiro atoms. The Kier molecular flexibility index (Phi) is 3.78. The zero-order valence-electron chi connectivity index (χ0n) is 10.5. The number of aryl methyl sites for hydroxylation is 1. The van der Waals surface area contributed by atoms with Gasteiger partial charge in [-0.1, -0.05) is 6.92 Å². The summed E-state index contributed by atoms with van der Waals surface area (Å²) in [7, 11) is 0. The van der Waals surface area contributed by atoms with E-state index in [2.05, 4.69) is 27.3 Å². The summed E-state index contributed by atoms with van der Waals surface area (Å²) < 4.78 is 0. The lowest BCUT2D eigenvalue weighted by molar-refractivity contribution is 0.0941. The van der Waals surface area contributed by atoms with Crippen LogP contribution in [0, 0.1) is 6.92 Å². The summed E-state index contributed by atoms with van der Waals surface area (Å²) >= 11 is 0. The normalized spacial score (nSPS) is 20.7. The zero-order chi connectivity index (χ0) is 12.3. The predicted molar refractivity (Wildman–Crippen MR) is 65.9 cm³/mol. The summed E-state index contributed by atoms with van der Waals surface area (Å²) in [6.45, 7) is 6.97. The maximum absolute atomic E-state index is 11.9. The van der Waals surface area contributed by atoms with Gasteiger partial charge in [0.2, 0.25) is 0 Å². The monoisotopic (exact) mass is 236 g/mol. The molecule has 1 aromatic heterocycles. The van der Waals surface area contributed by atoms with Gasteiger partial charge in [0, 0.05) is 18.3 Å². The second-order valence-electron chi connectivity index (χ2n) is 4.54. The number of carbonyl (C=O) groups excluding carboxylic acids is 1. The predicted octanol–water partition coefficient (Wildman–Crippen LogP) is 0.932. The molecule has 1 unspecified atom stereocenters. The first kappa shape index (κ1) is 12.1. The molecule has 1 aliphatic heterocycles. The van der Waals surface area contributed by atoms with Crippen molar-refractivity contribution < 1.29 is 4.79 Å². The fourth-order valence-electron chi connectivity index (χ4n) is 2.43. The van der Waals surface area contributed by atoms with Gasteiger partial charge in [-0.05, 0) is 32.9 Å². The van der Waals surface area contributed by atoms with Gasteiger partial charge in [0.05, 0.1) is 11.8 Å². The number of nitrogens with one attached hydrogen (secondary N) is 2. The van der Waals surface area contributed by atoms with Crippen LogP contribution in [0.1, 0.15) is 35.8 Å². The molecule has 1 aliphatic rings. The lowest BCUT2D eigenvalue weighted by Gasteiger charge is -2.22. The lowest BCUT2D eigenvalue weighted by Crippen LogP contribution is -2.40. The van der Waals surface area contributed by atoms with Crippen LogP contribution >= 0.6 is 0 Å². The van der Waals surface area contributed by atoms with Crippen molar-refractivity contribution >= 4 is 5.91 Å². The van der Waals surface area contributed by atoms with E-state index in [1.54, 1.807) is 6.20 Å². The van der Waals surface area contributed by atoms with Crippen LogP contribution in [-0.4, -0.2) is 46.7 Å². The van der Waals surface area contributed by atoms with Crippen LogP contribution < -0.4 is 5.32 Å². The number of nitrogens with zero attached hydrogens (tertiary/aromatic N) is 2. The lowest BCUT2D eigenvalue weighted by atomic mass is 10.2. The Morgan fingerprint density at radius 3 is 3.18 bits per heavy atom. The third-order valence-corrected chi connectivity index (χ3v) is 3.48. The molecular formula is C12H20N4O. The number of hydrogen-bond donors (Lipinski definition) is 2. The SMILES string of the molecule is CCN1CCCC1CNC(=O)c1cn[nH]c1C. The van der Waals surface area contributed by atoms with Gasteiger partial charge in [0.15, 0.2) is 0 Å². The molecule has 5 nitrogen and oxygen atoms in total. The van der Waals surface area contributed by atoms with Gasteiger partial charge in [0.1, 0.15) is 0 Å². The smallest absolute Gasteiger partial charge is 0.254 e. The van der Waals surface area contributed by atoms with Crippen molar-refractivity contribution in [3.05, 3.63) is 17.5 Å². The summed E-state index contributed by atoms with van der Waals surface area (Å²) in [4.78, 5) is 14.3. The highest BCUT2D eigenvalue weighted by molar-refractivity contribution is 5.94. The third kappa shape index (κ3) is 2.66. The van der Waals surface area contributed by atoms with Crippen molar-refractivity contribution in [3.63, 3.8) is 0 Å². The summed E-state index contributed by atoms with van der Waals surface area (Å²) in [6, 6.07) is 0.496. The van der Waals surface area contributed by atoms with E-state index in [1.807, 2.05) is 6.92 Å². The quantitative estimate of drug-likeness (QED) is 0.817. The highest BCUT2D eigenvalue weighted by Crippen LogP contribution is 2.15. The molecule has 0 radical (unpaired) electrons. The second-order valence-corrected chi connectivity index (χ2v) is 4.54. The summed E-state index contributed by atoms with van der Waals surface area (Å²) in [5.74, 6) is -0.0285. The first-order valence-corrected chi connectivity index (χ1v) is 6.24. The molecule has 0 bridgehead atoms. The number of rotatable bonds is 4. The molecule has 1 amide bonds. The summed E-state index contributed by atoms with van der Waals surface area (Å²) in [6.07, 6.45) is 3.99. The van der Waals surface area contributed by atoms with Crippen molar-refractivity contribution in [1.82, 2.24) is 20.4 Å². The molecule has 2 heterocycles. The average molecular weight is 236 g/mol. The fourth-order valence-corrected chi connectivity index (χ4v) is 2.43. The number of likely N-dealkylation sites (N-methyl/N-ethyl adjacent to an activating group) is 1. The van der Waals surface area contributed by atoms with Crippen LogP contribution in [0.2, 0.25) is 0 Å². The molecule has 1 saturated heterocycles. The maximum atomic E-state index is 11.9. The molecule has 2 N–H and O–H groups in total. The summed E-state index contributed by atoms with van der Waals surface area (Å²) in [5.41, 5.74) is 1.47. The zero-order valence-corrected chi connectivity index (χ0v) is 10.5. The minimum atomic E-state index is -0.0285. The topological polar surface area (TPSA) is 61.0 Å². The largest absolute Gasteiger partial charge is 0.350 e. The number of carbonyl (C=O) groups is 1. The van der Waals surface area contributed by atoms with Gasteiger partial charge in [-0.25, -0.2) is 0 Å². The Morgan fingerprint density at radius 2 is 2.53 bits per heavy atom. The van der Waals surface area contributed by atoms with Crippen molar-refractivity contribution in [3.8, 4) is 0 Å². The van der Waals surface area contributed by atoms with Crippen molar-refractivity contribution in [2.24, 2.45) is 0 Å². The molecule has 2 rings (SSSR count). The molecular weight excluding hydrogens is 216 g/mol. The number of hydrogen-bond acceptors (Lipinski definition) is 3. The van der Waals surface area contributed by atoms with Crippen molar-refractivity contribution in [2.45, 2.75) is 32.7 Å². The Hall–Kier alpha value is -1.36. The van der Waals surface area contributed by atoms with Crippen molar-refractivity contribution in [2.75, 3.05) is 19.6 Å². The van der Waals surface area contributed by atoms with E-state index in [0.29, 0.717) is 11.6 Å². The van der Waals surface area contributed by atoms with Crippen LogP contribution in [0.25, 0.3) is 0 Å². The molecule has 0 aromatic carbocycles. The molecule has 0 saturated carbocycles. The first-order valence-electron chi connectivity index (χ1n) is 6.24. The minimum Gasteiger partial charge on any atom is -0.350 e. The molecule has 0 aliphatic carbocycles. The van der Waals surface area contributed by atoms with Crippen LogP contribution in [0.3, 0.4) is 0 Å². The van der Waals surface area contributed by atoms with Crippen LogP contribution in [0.15, 0.2) is 6.20 Å². The highest BCUT2D eigenvalue weighted by Gasteiger charge is 2.23. The molecule has 5 heteroatoms. The number of H-pyrrole nitrogens is 1. The van der Waals surface area contributed by atoms with Gasteiger partial charge < -0.3 is 5.32 Å². The number of likely N-dealkylation sites (tertiary alicyclic amines) is 1. The number of aromatic amines is 1. The van der Waals surface area contributed by atoms with Crippen LogP contribution in [0.5, 0.6) is 0 Å². The highest BCUT2D eigenvalue weighted by atomic mass is 16.1. The standard InChI is InChI=1S/C12H20N4O/c1-3-16-6-4-5-10(16)7-13-12(17)11-8-14-15-9(11)2/h8,10H,3-7H2,1-2H3,(H,13,17)(H,14,15). The van der Waals surface area contributed by atoms with Crippen LogP contribution in [-0.2, 0) is 0 Å². The van der Waals surface area contributed by atoms with Crippen molar-refractivity contribution in [1.29, 1.82) is 0 Å². The van der Waals surface area contributed by atoms with E-state index in [0.717, 1.165) is 25.3 Å². The maximum Gasteiger partial charge on any atom is 0.254 e. The molecule has 1 aromatic rings. The fraction of sp³-hybridized carbons (Fsp3) is 0.667. The van der Waals surface area contributed by atoms with Gasteiger partial charge in [-0.15, -0.1) is 0 Å². The van der Waals surface area contributed by atoms with Gasteiger partial charge >= 0.3 is 0 Å². The van der Waals surface area contributed by atoms with E-state index in [1.165, 1.54) is 12.8 Å². The molecule has 1 atom stereocenters. The Labute approximate surface area is 102 Å². The van der Waals surface area contributed by atoms with E-state index < -0.39 is 0 Å². The Morgan fingerprint density at radius 1 is 1.71 bits per heavy atom. The molecule has 1 fully saturated rings. The van der Waals surface area contributed by atoms with Gasteiger partial charge in [0.25, 0.3) is 5.91 Å². The van der Waals surface area contributed by atoms with E-state index in [4.69, 9.17) is 0 Å². The Balaban J connectivity index is 1.86. The molecule has 17 heavy (non-hydrogen) atoms. The van der Waals surface area contributed by atoms with Crippen LogP contribution in [0.4, 0.5) is 0 Å². The van der Waals surface area contributed by atoms with Gasteiger partial charge in [-0.2, -0.15) is 5.10 Å². The van der Waals surface area contributed by atoms with E-state index in [9.17, 15) is 4.79 Å². The number of amides is 1. The van der Waals surface area contributed by atoms with E-state index in [-0.39, 0.29) is 5.91 Å². The number of aromatic nitrogens is 2. The van der Waals surface area contributed by atoms with E-state index >= 15 is 0 Å². The third-order valence-electron chi connectivity index (χ3n) is 3.48. The second kappa shape index (κ2) is 5.31. The average Bonchev–Trinajstić information content (AvgIpc) is 2.94.